The Labute approximate surface area is 160 Å². The largest absolute Gasteiger partial charge is 0.477 e. The summed E-state index contributed by atoms with van der Waals surface area (Å²) < 4.78 is 17.3. The molecule has 0 amide bonds. The maximum absolute atomic E-state index is 13.6. The molecule has 1 aromatic carbocycles. The molecule has 0 radical (unpaired) electrons. The number of hydrogen-bond donors (Lipinski definition) is 1. The smallest absolute Gasteiger partial charge is 0.341 e. The van der Waals surface area contributed by atoms with Crippen LogP contribution in [0.1, 0.15) is 37.2 Å². The Hall–Kier alpha value is -3.22. The molecule has 0 saturated carbocycles. The first kappa shape index (κ1) is 18.2. The van der Waals surface area contributed by atoms with Crippen molar-refractivity contribution < 1.29 is 14.3 Å². The molecule has 0 unspecified atom stereocenters. The summed E-state index contributed by atoms with van der Waals surface area (Å²) >= 11 is 0. The fraction of sp³-hybridized carbons (Fsp3) is 0.286. The molecule has 0 spiro atoms. The molecule has 1 aliphatic heterocycles. The SMILES string of the molecule is CC(C)(C)[C@@H]1Cn2nc(-c3cccc(F)c3)cc2-c2cc(=O)c(C(=O)O)cn21. The van der Waals surface area contributed by atoms with Gasteiger partial charge >= 0.3 is 5.97 Å². The highest BCUT2D eigenvalue weighted by Crippen LogP contribution is 2.40. The highest BCUT2D eigenvalue weighted by molar-refractivity contribution is 5.87. The number of nitrogens with zero attached hydrogens (tertiary/aromatic N) is 3. The molecule has 7 heteroatoms. The van der Waals surface area contributed by atoms with Crippen LogP contribution in [0.15, 0.2) is 47.4 Å². The number of aromatic carboxylic acids is 1. The highest BCUT2D eigenvalue weighted by Gasteiger charge is 2.34. The van der Waals surface area contributed by atoms with Crippen LogP contribution in [0.2, 0.25) is 0 Å². The molecule has 0 saturated heterocycles. The first-order valence-electron chi connectivity index (χ1n) is 8.99. The monoisotopic (exact) mass is 381 g/mol. The molecule has 3 heterocycles. The standard InChI is InChI=1S/C21H20FN3O3/c1-21(2,3)19-11-25-17(8-15(23-25)12-5-4-6-13(22)7-12)16-9-18(26)14(20(27)28)10-24(16)19/h4-10,19H,11H2,1-3H3,(H,27,28)/t19-/m0/s1. The van der Waals surface area contributed by atoms with E-state index >= 15 is 0 Å². The molecule has 0 bridgehead atoms. The zero-order valence-electron chi connectivity index (χ0n) is 15.8. The number of aromatic nitrogens is 3. The van der Waals surface area contributed by atoms with Crippen molar-refractivity contribution in [2.45, 2.75) is 33.4 Å². The molecule has 3 aromatic rings. The zero-order valence-corrected chi connectivity index (χ0v) is 15.8. The number of halogens is 1. The third-order valence-electron chi connectivity index (χ3n) is 5.15. The number of carboxylic acid groups (broad SMARTS) is 1. The normalized spacial score (nSPS) is 15.8. The zero-order chi connectivity index (χ0) is 20.2. The molecule has 6 nitrogen and oxygen atoms in total. The van der Waals surface area contributed by atoms with Gasteiger partial charge in [0.15, 0.2) is 5.43 Å². The summed E-state index contributed by atoms with van der Waals surface area (Å²) in [6, 6.07) is 9.24. The highest BCUT2D eigenvalue weighted by atomic mass is 19.1. The lowest BCUT2D eigenvalue weighted by atomic mass is 9.85. The molecule has 1 N–H and O–H groups in total. The van der Waals surface area contributed by atoms with Gasteiger partial charge in [0.2, 0.25) is 0 Å². The van der Waals surface area contributed by atoms with Gasteiger partial charge in [-0.1, -0.05) is 32.9 Å². The van der Waals surface area contributed by atoms with Crippen molar-refractivity contribution in [1.29, 1.82) is 0 Å². The van der Waals surface area contributed by atoms with E-state index in [1.165, 1.54) is 24.4 Å². The summed E-state index contributed by atoms with van der Waals surface area (Å²) in [4.78, 5) is 23.8. The van der Waals surface area contributed by atoms with Crippen molar-refractivity contribution >= 4 is 5.97 Å². The fourth-order valence-corrected chi connectivity index (χ4v) is 3.67. The average molecular weight is 381 g/mol. The van der Waals surface area contributed by atoms with Crippen molar-refractivity contribution in [1.82, 2.24) is 14.3 Å². The van der Waals surface area contributed by atoms with Crippen molar-refractivity contribution in [3.8, 4) is 22.6 Å². The van der Waals surface area contributed by atoms with Gasteiger partial charge in [0.05, 0.1) is 29.7 Å². The molecule has 4 rings (SSSR count). The molecule has 0 fully saturated rings. The van der Waals surface area contributed by atoms with Gasteiger partial charge in [-0.2, -0.15) is 5.10 Å². The average Bonchev–Trinajstić information content (AvgIpc) is 3.04. The summed E-state index contributed by atoms with van der Waals surface area (Å²) in [5, 5.41) is 14.0. The minimum absolute atomic E-state index is 0.103. The minimum Gasteiger partial charge on any atom is -0.477 e. The van der Waals surface area contributed by atoms with Gasteiger partial charge in [0.25, 0.3) is 0 Å². The lowest BCUT2D eigenvalue weighted by molar-refractivity contribution is 0.0693. The molecule has 1 atom stereocenters. The van der Waals surface area contributed by atoms with E-state index in [4.69, 9.17) is 0 Å². The lowest BCUT2D eigenvalue weighted by Gasteiger charge is -2.38. The molecular formula is C21H20FN3O3. The topological polar surface area (TPSA) is 77.1 Å². The maximum atomic E-state index is 13.6. The first-order chi connectivity index (χ1) is 13.1. The quantitative estimate of drug-likeness (QED) is 0.732. The van der Waals surface area contributed by atoms with Crippen LogP contribution in [0.4, 0.5) is 4.39 Å². The van der Waals surface area contributed by atoms with Gasteiger partial charge in [-0.15, -0.1) is 0 Å². The van der Waals surface area contributed by atoms with Gasteiger partial charge in [-0.25, -0.2) is 9.18 Å². The van der Waals surface area contributed by atoms with Gasteiger partial charge < -0.3 is 9.67 Å². The van der Waals surface area contributed by atoms with Crippen LogP contribution < -0.4 is 5.43 Å². The van der Waals surface area contributed by atoms with E-state index in [2.05, 4.69) is 25.9 Å². The van der Waals surface area contributed by atoms with Crippen molar-refractivity contribution in [3.05, 3.63) is 64.2 Å². The molecule has 28 heavy (non-hydrogen) atoms. The summed E-state index contributed by atoms with van der Waals surface area (Å²) in [6.45, 7) is 6.69. The van der Waals surface area contributed by atoms with E-state index in [0.29, 0.717) is 29.2 Å². The first-order valence-corrected chi connectivity index (χ1v) is 8.99. The predicted molar refractivity (Wildman–Crippen MR) is 103 cm³/mol. The van der Waals surface area contributed by atoms with E-state index in [1.807, 2.05) is 9.25 Å². The second-order valence-electron chi connectivity index (χ2n) is 8.14. The summed E-state index contributed by atoms with van der Waals surface area (Å²) in [6.07, 6.45) is 1.42. The second-order valence-corrected chi connectivity index (χ2v) is 8.14. The summed E-state index contributed by atoms with van der Waals surface area (Å²) in [7, 11) is 0. The number of benzene rings is 1. The molecule has 144 valence electrons. The van der Waals surface area contributed by atoms with Gasteiger partial charge in [-0.05, 0) is 23.6 Å². The van der Waals surface area contributed by atoms with Crippen LogP contribution in [0.5, 0.6) is 0 Å². The third-order valence-corrected chi connectivity index (χ3v) is 5.15. The third kappa shape index (κ3) is 2.93. The number of fused-ring (bicyclic) bond motifs is 3. The van der Waals surface area contributed by atoms with E-state index < -0.39 is 11.4 Å². The summed E-state index contributed by atoms with van der Waals surface area (Å²) in [5.74, 6) is -1.59. The van der Waals surface area contributed by atoms with Crippen molar-refractivity contribution in [2.24, 2.45) is 5.41 Å². The predicted octanol–water partition coefficient (Wildman–Crippen LogP) is 3.82. The van der Waals surface area contributed by atoms with E-state index in [1.54, 1.807) is 18.2 Å². The van der Waals surface area contributed by atoms with Crippen LogP contribution in [-0.4, -0.2) is 25.4 Å². The van der Waals surface area contributed by atoms with E-state index in [9.17, 15) is 19.1 Å². The van der Waals surface area contributed by atoms with Crippen LogP contribution in [0, 0.1) is 11.2 Å². The van der Waals surface area contributed by atoms with Crippen LogP contribution >= 0.6 is 0 Å². The Morgan fingerprint density at radius 3 is 2.61 bits per heavy atom. The number of rotatable bonds is 2. The summed E-state index contributed by atoms with van der Waals surface area (Å²) in [5.41, 5.74) is 1.55. The van der Waals surface area contributed by atoms with Gasteiger partial charge in [0, 0.05) is 17.8 Å². The van der Waals surface area contributed by atoms with E-state index in [0.717, 1.165) is 0 Å². The molecule has 1 aliphatic rings. The number of pyridine rings is 1. The molecular weight excluding hydrogens is 361 g/mol. The second kappa shape index (κ2) is 6.15. The van der Waals surface area contributed by atoms with Crippen LogP contribution in [0.25, 0.3) is 22.6 Å². The Kier molecular flexibility index (Phi) is 3.99. The van der Waals surface area contributed by atoms with Crippen LogP contribution in [-0.2, 0) is 6.54 Å². The van der Waals surface area contributed by atoms with Crippen molar-refractivity contribution in [2.75, 3.05) is 0 Å². The van der Waals surface area contributed by atoms with Crippen molar-refractivity contribution in [3.63, 3.8) is 0 Å². The maximum Gasteiger partial charge on any atom is 0.341 e. The number of hydrogen-bond acceptors (Lipinski definition) is 3. The fourth-order valence-electron chi connectivity index (χ4n) is 3.67. The Balaban J connectivity index is 1.94. The Morgan fingerprint density at radius 2 is 1.96 bits per heavy atom. The minimum atomic E-state index is -1.24. The van der Waals surface area contributed by atoms with Gasteiger partial charge in [0.1, 0.15) is 11.4 Å². The Bertz CT molecular complexity index is 1150. The molecule has 2 aromatic heterocycles. The Morgan fingerprint density at radius 1 is 1.21 bits per heavy atom. The van der Waals surface area contributed by atoms with Crippen LogP contribution in [0.3, 0.4) is 0 Å². The molecule has 0 aliphatic carbocycles. The lowest BCUT2D eigenvalue weighted by Crippen LogP contribution is -2.35. The number of carbonyl (C=O) groups is 1. The van der Waals surface area contributed by atoms with E-state index in [-0.39, 0.29) is 22.8 Å². The number of carboxylic acids is 1. The van der Waals surface area contributed by atoms with Gasteiger partial charge in [-0.3, -0.25) is 9.48 Å².